The number of nitrogens with one attached hydrogen (secondary N) is 2. The highest BCUT2D eigenvalue weighted by atomic mass is 35.5. The van der Waals surface area contributed by atoms with Gasteiger partial charge in [-0.2, -0.15) is 0 Å². The predicted octanol–water partition coefficient (Wildman–Crippen LogP) is 2.43. The number of amides is 1. The number of hydrogen-bond acceptors (Lipinski definition) is 3. The zero-order valence-electron chi connectivity index (χ0n) is 14.2. The molecule has 1 saturated heterocycles. The van der Waals surface area contributed by atoms with Gasteiger partial charge in [0.1, 0.15) is 5.82 Å². The highest BCUT2D eigenvalue weighted by Crippen LogP contribution is 2.11. The van der Waals surface area contributed by atoms with Crippen molar-refractivity contribution in [2.75, 3.05) is 19.6 Å². The van der Waals surface area contributed by atoms with E-state index in [4.69, 9.17) is 0 Å². The van der Waals surface area contributed by atoms with Crippen LogP contribution in [0.5, 0.6) is 0 Å². The average Bonchev–Trinajstić information content (AvgIpc) is 3.21. The minimum absolute atomic E-state index is 0. The molecular formula is C18H26Cl2N4O. The Hall–Kier alpha value is -1.56. The molecule has 138 valence electrons. The van der Waals surface area contributed by atoms with E-state index >= 15 is 0 Å². The maximum atomic E-state index is 11.9. The smallest absolute Gasteiger partial charge is 0.220 e. The zero-order chi connectivity index (χ0) is 15.9. The molecular weight excluding hydrogens is 359 g/mol. The molecule has 0 aliphatic carbocycles. The van der Waals surface area contributed by atoms with Gasteiger partial charge in [0.25, 0.3) is 0 Å². The Morgan fingerprint density at radius 2 is 2.08 bits per heavy atom. The van der Waals surface area contributed by atoms with E-state index in [-0.39, 0.29) is 30.7 Å². The quantitative estimate of drug-likeness (QED) is 0.770. The molecule has 1 aromatic heterocycles. The summed E-state index contributed by atoms with van der Waals surface area (Å²) in [4.78, 5) is 16.4. The van der Waals surface area contributed by atoms with Crippen molar-refractivity contribution in [3.8, 4) is 0 Å². The third-order valence-electron chi connectivity index (χ3n) is 4.30. The molecule has 1 unspecified atom stereocenters. The van der Waals surface area contributed by atoms with Crippen LogP contribution in [0.15, 0.2) is 42.7 Å². The molecule has 1 aliphatic heterocycles. The lowest BCUT2D eigenvalue weighted by molar-refractivity contribution is -0.121. The standard InChI is InChI=1S/C18H24N4O.2ClH/c23-18(12-16-6-8-19-13-16)21-9-7-17-20-10-11-22(17)14-15-4-2-1-3-5-15;;/h1-5,10-11,16,19H,6-9,12-14H2,(H,21,23);2*1H. The van der Waals surface area contributed by atoms with Crippen molar-refractivity contribution in [3.63, 3.8) is 0 Å². The molecule has 5 nitrogen and oxygen atoms in total. The Balaban J connectivity index is 0.00000156. The first kappa shape index (κ1) is 21.5. The van der Waals surface area contributed by atoms with E-state index in [0.717, 1.165) is 38.3 Å². The first-order valence-electron chi connectivity index (χ1n) is 8.32. The van der Waals surface area contributed by atoms with Crippen LogP contribution in [-0.4, -0.2) is 35.1 Å². The number of carbonyl (C=O) groups is 1. The first-order valence-corrected chi connectivity index (χ1v) is 8.32. The van der Waals surface area contributed by atoms with Gasteiger partial charge in [-0.3, -0.25) is 4.79 Å². The number of carbonyl (C=O) groups excluding carboxylic acids is 1. The van der Waals surface area contributed by atoms with Crippen molar-refractivity contribution in [1.29, 1.82) is 0 Å². The third kappa shape index (κ3) is 6.69. The van der Waals surface area contributed by atoms with Gasteiger partial charge >= 0.3 is 0 Å². The van der Waals surface area contributed by atoms with E-state index in [2.05, 4.69) is 32.3 Å². The second kappa shape index (κ2) is 11.1. The Morgan fingerprint density at radius 3 is 2.80 bits per heavy atom. The Morgan fingerprint density at radius 1 is 1.28 bits per heavy atom. The predicted molar refractivity (Wildman–Crippen MR) is 105 cm³/mol. The van der Waals surface area contributed by atoms with E-state index in [0.29, 0.717) is 18.9 Å². The van der Waals surface area contributed by atoms with E-state index in [1.54, 1.807) is 0 Å². The van der Waals surface area contributed by atoms with Crippen LogP contribution in [0, 0.1) is 5.92 Å². The number of nitrogens with zero attached hydrogens (tertiary/aromatic N) is 2. The Labute approximate surface area is 161 Å². The highest BCUT2D eigenvalue weighted by Gasteiger charge is 2.17. The van der Waals surface area contributed by atoms with Gasteiger partial charge in [-0.15, -0.1) is 24.8 Å². The summed E-state index contributed by atoms with van der Waals surface area (Å²) < 4.78 is 2.14. The van der Waals surface area contributed by atoms with Gasteiger partial charge in [0.15, 0.2) is 0 Å². The largest absolute Gasteiger partial charge is 0.356 e. The summed E-state index contributed by atoms with van der Waals surface area (Å²) in [5.41, 5.74) is 1.25. The van der Waals surface area contributed by atoms with E-state index in [9.17, 15) is 4.79 Å². The number of benzene rings is 1. The second-order valence-electron chi connectivity index (χ2n) is 6.12. The molecule has 1 aliphatic rings. The molecule has 2 aromatic rings. The molecule has 0 saturated carbocycles. The third-order valence-corrected chi connectivity index (χ3v) is 4.30. The normalized spacial score (nSPS) is 15.9. The summed E-state index contributed by atoms with van der Waals surface area (Å²) in [6.07, 6.45) is 6.31. The van der Waals surface area contributed by atoms with Crippen molar-refractivity contribution in [2.45, 2.75) is 25.8 Å². The molecule has 0 radical (unpaired) electrons. The van der Waals surface area contributed by atoms with Gasteiger partial charge in [0.05, 0.1) is 0 Å². The highest BCUT2D eigenvalue weighted by molar-refractivity contribution is 5.85. The van der Waals surface area contributed by atoms with E-state index in [1.165, 1.54) is 5.56 Å². The lowest BCUT2D eigenvalue weighted by atomic mass is 10.0. The molecule has 2 heterocycles. The maximum Gasteiger partial charge on any atom is 0.220 e. The van der Waals surface area contributed by atoms with Crippen LogP contribution in [0.1, 0.15) is 24.2 Å². The maximum absolute atomic E-state index is 11.9. The average molecular weight is 385 g/mol. The monoisotopic (exact) mass is 384 g/mol. The van der Waals surface area contributed by atoms with Crippen LogP contribution in [-0.2, 0) is 17.8 Å². The van der Waals surface area contributed by atoms with Crippen LogP contribution in [0.2, 0.25) is 0 Å². The lowest BCUT2D eigenvalue weighted by Gasteiger charge is -2.10. The first-order chi connectivity index (χ1) is 11.3. The molecule has 0 bridgehead atoms. The van der Waals surface area contributed by atoms with Crippen molar-refractivity contribution in [1.82, 2.24) is 20.2 Å². The molecule has 2 N–H and O–H groups in total. The molecule has 1 amide bonds. The molecule has 0 spiro atoms. The van der Waals surface area contributed by atoms with Gasteiger partial charge in [-0.25, -0.2) is 4.98 Å². The second-order valence-corrected chi connectivity index (χ2v) is 6.12. The fourth-order valence-corrected chi connectivity index (χ4v) is 3.03. The summed E-state index contributed by atoms with van der Waals surface area (Å²) in [6.45, 7) is 3.46. The van der Waals surface area contributed by atoms with Crippen LogP contribution in [0.4, 0.5) is 0 Å². The van der Waals surface area contributed by atoms with Crippen LogP contribution >= 0.6 is 24.8 Å². The molecule has 3 rings (SSSR count). The number of imidazole rings is 1. The van der Waals surface area contributed by atoms with Crippen LogP contribution in [0.3, 0.4) is 0 Å². The van der Waals surface area contributed by atoms with Crippen molar-refractivity contribution in [2.24, 2.45) is 5.92 Å². The molecule has 7 heteroatoms. The van der Waals surface area contributed by atoms with Crippen molar-refractivity contribution < 1.29 is 4.79 Å². The topological polar surface area (TPSA) is 59.0 Å². The number of aromatic nitrogens is 2. The van der Waals surface area contributed by atoms with Gasteiger partial charge in [-0.1, -0.05) is 30.3 Å². The minimum Gasteiger partial charge on any atom is -0.356 e. The number of rotatable bonds is 7. The molecule has 1 aromatic carbocycles. The fraction of sp³-hybridized carbons (Fsp3) is 0.444. The lowest BCUT2D eigenvalue weighted by Crippen LogP contribution is -2.28. The SMILES string of the molecule is Cl.Cl.O=C(CC1CCNC1)NCCc1nccn1Cc1ccccc1. The summed E-state index contributed by atoms with van der Waals surface area (Å²) in [7, 11) is 0. The number of hydrogen-bond donors (Lipinski definition) is 2. The molecule has 1 atom stereocenters. The van der Waals surface area contributed by atoms with Gasteiger partial charge in [0, 0.05) is 38.3 Å². The summed E-state index contributed by atoms with van der Waals surface area (Å²) in [5.74, 6) is 1.66. The summed E-state index contributed by atoms with van der Waals surface area (Å²) >= 11 is 0. The summed E-state index contributed by atoms with van der Waals surface area (Å²) in [6, 6.07) is 10.3. The van der Waals surface area contributed by atoms with Gasteiger partial charge < -0.3 is 15.2 Å². The van der Waals surface area contributed by atoms with Gasteiger partial charge in [0.2, 0.25) is 5.91 Å². The van der Waals surface area contributed by atoms with Crippen molar-refractivity contribution >= 4 is 30.7 Å². The molecule has 25 heavy (non-hydrogen) atoms. The van der Waals surface area contributed by atoms with Crippen LogP contribution in [0.25, 0.3) is 0 Å². The number of halogens is 2. The fourth-order valence-electron chi connectivity index (χ4n) is 3.03. The Bertz CT molecular complexity index is 627. The minimum atomic E-state index is 0. The zero-order valence-corrected chi connectivity index (χ0v) is 15.8. The van der Waals surface area contributed by atoms with Crippen LogP contribution < -0.4 is 10.6 Å². The van der Waals surface area contributed by atoms with Crippen molar-refractivity contribution in [3.05, 3.63) is 54.1 Å². The van der Waals surface area contributed by atoms with Gasteiger partial charge in [-0.05, 0) is 31.0 Å². The summed E-state index contributed by atoms with van der Waals surface area (Å²) in [5, 5.41) is 6.31. The molecule has 1 fully saturated rings. The van der Waals surface area contributed by atoms with E-state index < -0.39 is 0 Å². The van der Waals surface area contributed by atoms with E-state index in [1.807, 2.05) is 30.6 Å². The Kier molecular flexibility index (Phi) is 9.57.